The van der Waals surface area contributed by atoms with Crippen LogP contribution in [0.2, 0.25) is 0 Å². The lowest BCUT2D eigenvalue weighted by molar-refractivity contribution is -0.137. The van der Waals surface area contributed by atoms with E-state index in [0.29, 0.717) is 31.6 Å². The molecule has 11 heteroatoms. The molecule has 2 saturated heterocycles. The highest BCUT2D eigenvalue weighted by atomic mass is 32.1. The van der Waals surface area contributed by atoms with Gasteiger partial charge >= 0.3 is 0 Å². The fraction of sp³-hybridized carbons (Fsp3) is 0.480. The number of likely N-dealkylation sites (tertiary alicyclic amines) is 1. The molecule has 2 aliphatic rings. The third-order valence-corrected chi connectivity index (χ3v) is 7.27. The second-order valence-electron chi connectivity index (χ2n) is 9.26. The molecule has 1 atom stereocenters. The second kappa shape index (κ2) is 11.5. The first-order chi connectivity index (χ1) is 17.3. The molecule has 1 unspecified atom stereocenters. The Bertz CT molecular complexity index is 1110. The SMILES string of the molecule is CC(C)Oc1ccc(C(=O)N2CCC(c3nc(C(=O)NNC(=O)C4CCCNC4=O)cs3)CC2)cc1. The lowest BCUT2D eigenvalue weighted by Crippen LogP contribution is -2.50. The fourth-order valence-electron chi connectivity index (χ4n) is 4.33. The van der Waals surface area contributed by atoms with Crippen molar-refractivity contribution >= 4 is 35.0 Å². The van der Waals surface area contributed by atoms with Crippen molar-refractivity contribution in [3.8, 4) is 5.75 Å². The third kappa shape index (κ3) is 6.20. The zero-order valence-corrected chi connectivity index (χ0v) is 21.2. The van der Waals surface area contributed by atoms with Gasteiger partial charge in [-0.1, -0.05) is 0 Å². The minimum absolute atomic E-state index is 0.00820. The van der Waals surface area contributed by atoms with Gasteiger partial charge in [-0.25, -0.2) is 4.98 Å². The van der Waals surface area contributed by atoms with Crippen molar-refractivity contribution < 1.29 is 23.9 Å². The van der Waals surface area contributed by atoms with Crippen molar-refractivity contribution in [2.75, 3.05) is 19.6 Å². The first-order valence-corrected chi connectivity index (χ1v) is 13.1. The summed E-state index contributed by atoms with van der Waals surface area (Å²) in [7, 11) is 0. The van der Waals surface area contributed by atoms with Gasteiger partial charge in [0.15, 0.2) is 0 Å². The van der Waals surface area contributed by atoms with Crippen LogP contribution >= 0.6 is 11.3 Å². The standard InChI is InChI=1S/C25H31N5O5S/c1-15(2)35-18-7-5-17(6-8-18)25(34)30-12-9-16(10-13-30)24-27-20(14-36-24)23(33)29-28-22(32)19-4-3-11-26-21(19)31/h5-8,14-16,19H,3-4,9-13H2,1-2H3,(H,26,31)(H,28,32)(H,29,33). The largest absolute Gasteiger partial charge is 0.491 e. The van der Waals surface area contributed by atoms with Crippen molar-refractivity contribution in [1.82, 2.24) is 26.1 Å². The van der Waals surface area contributed by atoms with E-state index in [2.05, 4.69) is 21.2 Å². The summed E-state index contributed by atoms with van der Waals surface area (Å²) in [5.74, 6) is -1.30. The average molecular weight is 514 g/mol. The first kappa shape index (κ1) is 25.6. The van der Waals surface area contributed by atoms with Gasteiger partial charge in [0.05, 0.1) is 11.1 Å². The van der Waals surface area contributed by atoms with E-state index in [1.54, 1.807) is 17.5 Å². The lowest BCUT2D eigenvalue weighted by Gasteiger charge is -2.31. The third-order valence-electron chi connectivity index (χ3n) is 6.26. The highest BCUT2D eigenvalue weighted by Crippen LogP contribution is 2.31. The number of ether oxygens (including phenoxy) is 1. The Morgan fingerprint density at radius 3 is 2.50 bits per heavy atom. The Labute approximate surface area is 213 Å². The number of aromatic nitrogens is 1. The quantitative estimate of drug-likeness (QED) is 0.401. The number of piperidine rings is 2. The van der Waals surface area contributed by atoms with E-state index in [1.165, 1.54) is 11.3 Å². The summed E-state index contributed by atoms with van der Waals surface area (Å²) in [5.41, 5.74) is 5.52. The second-order valence-corrected chi connectivity index (χ2v) is 10.1. The Balaban J connectivity index is 1.26. The van der Waals surface area contributed by atoms with Crippen LogP contribution in [-0.4, -0.2) is 59.3 Å². The summed E-state index contributed by atoms with van der Waals surface area (Å²) in [6.07, 6.45) is 2.75. The normalized spacial score (nSPS) is 18.5. The molecule has 2 aliphatic heterocycles. The Morgan fingerprint density at radius 2 is 1.83 bits per heavy atom. The molecule has 10 nitrogen and oxygen atoms in total. The van der Waals surface area contributed by atoms with Crippen LogP contribution in [0.5, 0.6) is 5.75 Å². The van der Waals surface area contributed by atoms with Gasteiger partial charge in [-0.15, -0.1) is 11.3 Å². The molecule has 0 aliphatic carbocycles. The topological polar surface area (TPSA) is 130 Å². The van der Waals surface area contributed by atoms with Gasteiger partial charge in [-0.3, -0.25) is 30.0 Å². The summed E-state index contributed by atoms with van der Waals surface area (Å²) in [4.78, 5) is 55.6. The fourth-order valence-corrected chi connectivity index (χ4v) is 5.30. The smallest absolute Gasteiger partial charge is 0.289 e. The summed E-state index contributed by atoms with van der Waals surface area (Å²) in [5, 5.41) is 5.14. The number of carbonyl (C=O) groups excluding carboxylic acids is 4. The number of amides is 4. The Morgan fingerprint density at radius 1 is 1.11 bits per heavy atom. The van der Waals surface area contributed by atoms with Crippen molar-refractivity contribution in [2.24, 2.45) is 5.92 Å². The van der Waals surface area contributed by atoms with E-state index in [1.807, 2.05) is 30.9 Å². The number of rotatable bonds is 6. The summed E-state index contributed by atoms with van der Waals surface area (Å²) >= 11 is 1.39. The number of benzene rings is 1. The number of hydrazine groups is 1. The molecule has 1 aromatic carbocycles. The maximum atomic E-state index is 12.9. The van der Waals surface area contributed by atoms with Crippen molar-refractivity contribution in [1.29, 1.82) is 0 Å². The summed E-state index contributed by atoms with van der Waals surface area (Å²) in [6.45, 7) is 5.68. The van der Waals surface area contributed by atoms with E-state index in [0.717, 1.165) is 30.0 Å². The van der Waals surface area contributed by atoms with Crippen LogP contribution in [0.4, 0.5) is 0 Å². The Kier molecular flexibility index (Phi) is 8.19. The zero-order valence-electron chi connectivity index (χ0n) is 20.4. The Hall–Kier alpha value is -3.47. The molecule has 0 bridgehead atoms. The van der Waals surface area contributed by atoms with Gasteiger partial charge in [0.25, 0.3) is 17.7 Å². The lowest BCUT2D eigenvalue weighted by atomic mass is 9.97. The van der Waals surface area contributed by atoms with Crippen LogP contribution in [0.25, 0.3) is 0 Å². The van der Waals surface area contributed by atoms with Crippen LogP contribution in [-0.2, 0) is 9.59 Å². The number of thiazole rings is 1. The van der Waals surface area contributed by atoms with Crippen molar-refractivity contribution in [3.63, 3.8) is 0 Å². The van der Waals surface area contributed by atoms with E-state index < -0.39 is 17.7 Å². The van der Waals surface area contributed by atoms with Crippen LogP contribution in [0.3, 0.4) is 0 Å². The molecular weight excluding hydrogens is 482 g/mol. The van der Waals surface area contributed by atoms with Crippen LogP contribution in [0, 0.1) is 5.92 Å². The van der Waals surface area contributed by atoms with Gasteiger partial charge in [-0.05, 0) is 63.8 Å². The molecule has 4 rings (SSSR count). The maximum Gasteiger partial charge on any atom is 0.289 e. The molecule has 3 heterocycles. The molecule has 1 aromatic heterocycles. The number of nitrogens with one attached hydrogen (secondary N) is 3. The minimum Gasteiger partial charge on any atom is -0.491 e. The molecule has 0 radical (unpaired) electrons. The zero-order chi connectivity index (χ0) is 25.7. The molecule has 192 valence electrons. The van der Waals surface area contributed by atoms with Gasteiger partial charge in [-0.2, -0.15) is 0 Å². The number of carbonyl (C=O) groups is 4. The van der Waals surface area contributed by atoms with Gasteiger partial charge in [0, 0.05) is 36.5 Å². The number of hydrogen-bond acceptors (Lipinski definition) is 7. The summed E-state index contributed by atoms with van der Waals surface area (Å²) < 4.78 is 5.64. The number of nitrogens with zero attached hydrogens (tertiary/aromatic N) is 2. The van der Waals surface area contributed by atoms with Crippen LogP contribution in [0.15, 0.2) is 29.6 Å². The van der Waals surface area contributed by atoms with Crippen LogP contribution < -0.4 is 20.9 Å². The predicted molar refractivity (Wildman–Crippen MR) is 134 cm³/mol. The van der Waals surface area contributed by atoms with Crippen molar-refractivity contribution in [3.05, 3.63) is 45.9 Å². The highest BCUT2D eigenvalue weighted by molar-refractivity contribution is 7.09. The van der Waals surface area contributed by atoms with E-state index in [-0.39, 0.29) is 29.5 Å². The van der Waals surface area contributed by atoms with E-state index in [9.17, 15) is 19.2 Å². The van der Waals surface area contributed by atoms with Gasteiger partial charge < -0.3 is 15.0 Å². The van der Waals surface area contributed by atoms with Crippen molar-refractivity contribution in [2.45, 2.75) is 51.6 Å². The summed E-state index contributed by atoms with van der Waals surface area (Å²) in [6, 6.07) is 7.21. The van der Waals surface area contributed by atoms with Crippen LogP contribution in [0.1, 0.15) is 71.3 Å². The molecule has 0 spiro atoms. The van der Waals surface area contributed by atoms with E-state index >= 15 is 0 Å². The monoisotopic (exact) mass is 513 g/mol. The molecule has 0 saturated carbocycles. The number of hydrogen-bond donors (Lipinski definition) is 3. The average Bonchev–Trinajstić information content (AvgIpc) is 3.38. The maximum absolute atomic E-state index is 12.9. The van der Waals surface area contributed by atoms with Gasteiger partial charge in [0.2, 0.25) is 5.91 Å². The molecule has 4 amide bonds. The highest BCUT2D eigenvalue weighted by Gasteiger charge is 2.30. The predicted octanol–water partition coefficient (Wildman–Crippen LogP) is 2.24. The molecular formula is C25H31N5O5S. The molecule has 36 heavy (non-hydrogen) atoms. The van der Waals surface area contributed by atoms with Gasteiger partial charge in [0.1, 0.15) is 17.4 Å². The van der Waals surface area contributed by atoms with E-state index in [4.69, 9.17) is 4.74 Å². The molecule has 3 N–H and O–H groups in total. The molecule has 2 fully saturated rings. The molecule has 2 aromatic rings. The first-order valence-electron chi connectivity index (χ1n) is 12.2. The minimum atomic E-state index is -0.802.